The van der Waals surface area contributed by atoms with Crippen molar-refractivity contribution in [2.45, 2.75) is 23.9 Å². The molecule has 1 fully saturated rings. The lowest BCUT2D eigenvalue weighted by Crippen LogP contribution is -2.71. The Hall–Kier alpha value is -2.85. The average molecular weight is 391 g/mol. The molecule has 0 bridgehead atoms. The van der Waals surface area contributed by atoms with Crippen LogP contribution in [0.2, 0.25) is 0 Å². The van der Waals surface area contributed by atoms with Crippen LogP contribution in [0.1, 0.15) is 18.0 Å². The molecule has 9 nitrogen and oxygen atoms in total. The van der Waals surface area contributed by atoms with E-state index in [9.17, 15) is 24.3 Å². The minimum Gasteiger partial charge on any atom is -0.481 e. The third-order valence-electron chi connectivity index (χ3n) is 4.35. The second-order valence-electron chi connectivity index (χ2n) is 6.11. The molecular formula is C17H17N3O6S. The highest BCUT2D eigenvalue weighted by atomic mass is 32.2. The minimum absolute atomic E-state index is 0.152. The van der Waals surface area contributed by atoms with E-state index in [0.29, 0.717) is 5.56 Å². The van der Waals surface area contributed by atoms with Crippen molar-refractivity contribution in [3.63, 3.8) is 0 Å². The van der Waals surface area contributed by atoms with Gasteiger partial charge in [0.15, 0.2) is 0 Å². The first-order chi connectivity index (χ1) is 12.8. The third kappa shape index (κ3) is 3.53. The van der Waals surface area contributed by atoms with Gasteiger partial charge in [0.05, 0.1) is 6.42 Å². The molecule has 0 spiro atoms. The Balaban J connectivity index is 1.74. The molecule has 142 valence electrons. The van der Waals surface area contributed by atoms with Gasteiger partial charge in [-0.3, -0.25) is 19.3 Å². The molecule has 0 aromatic heterocycles. The van der Waals surface area contributed by atoms with Crippen LogP contribution in [0.15, 0.2) is 41.6 Å². The van der Waals surface area contributed by atoms with Crippen molar-refractivity contribution in [1.29, 1.82) is 0 Å². The first kappa shape index (κ1) is 18.9. The van der Waals surface area contributed by atoms with Crippen molar-refractivity contribution < 1.29 is 29.4 Å². The number of aliphatic carboxylic acids is 2. The van der Waals surface area contributed by atoms with Gasteiger partial charge in [-0.2, -0.15) is 0 Å². The molecule has 3 atom stereocenters. The van der Waals surface area contributed by atoms with Gasteiger partial charge in [-0.25, -0.2) is 4.79 Å². The monoisotopic (exact) mass is 391 g/mol. The second kappa shape index (κ2) is 7.41. The van der Waals surface area contributed by atoms with Gasteiger partial charge in [-0.15, -0.1) is 11.8 Å². The van der Waals surface area contributed by atoms with Crippen LogP contribution in [0, 0.1) is 0 Å². The molecule has 2 amide bonds. The van der Waals surface area contributed by atoms with Gasteiger partial charge >= 0.3 is 11.9 Å². The van der Waals surface area contributed by atoms with Gasteiger partial charge < -0.3 is 21.3 Å². The van der Waals surface area contributed by atoms with E-state index in [4.69, 9.17) is 10.8 Å². The third-order valence-corrected chi connectivity index (χ3v) is 5.69. The van der Waals surface area contributed by atoms with Crippen molar-refractivity contribution in [2.75, 3.05) is 5.75 Å². The summed E-state index contributed by atoms with van der Waals surface area (Å²) in [6.45, 7) is 0. The highest BCUT2D eigenvalue weighted by Crippen LogP contribution is 2.41. The molecule has 0 aliphatic carbocycles. The van der Waals surface area contributed by atoms with Gasteiger partial charge in [0, 0.05) is 5.75 Å². The lowest BCUT2D eigenvalue weighted by atomic mass is 10.0. The van der Waals surface area contributed by atoms with Gasteiger partial charge in [-0.1, -0.05) is 30.3 Å². The summed E-state index contributed by atoms with van der Waals surface area (Å²) in [6.07, 6.45) is -0.457. The molecule has 3 rings (SSSR count). The molecule has 2 aliphatic rings. The molecule has 2 heterocycles. The number of nitrogens with two attached hydrogens (primary N) is 1. The number of nitrogens with one attached hydrogen (secondary N) is 1. The number of thioether (sulfide) groups is 1. The maximum absolute atomic E-state index is 12.4. The highest BCUT2D eigenvalue weighted by molar-refractivity contribution is 8.00. The Labute approximate surface area is 158 Å². The summed E-state index contributed by atoms with van der Waals surface area (Å²) < 4.78 is 0. The number of β-lactam (4-membered cyclic amide) rings is 1. The number of nitrogens with zero attached hydrogens (tertiary/aromatic N) is 1. The standard InChI is InChI=1S/C17H17N3O6S/c18-11(8-4-2-1-3-5-8)14(23)19-12-15(24)20-13(17(25)26)9(6-10(21)22)7-27-16(12)20/h1-5,11-12,16H,6-7,18H2,(H,19,23)(H,21,22)(H,25,26)/t11-,12-,16-/m1/s1. The zero-order valence-corrected chi connectivity index (χ0v) is 14.8. The predicted molar refractivity (Wildman–Crippen MR) is 95.3 cm³/mol. The van der Waals surface area contributed by atoms with Gasteiger partial charge in [-0.05, 0) is 11.1 Å². The van der Waals surface area contributed by atoms with Crippen molar-refractivity contribution >= 4 is 35.5 Å². The van der Waals surface area contributed by atoms with Crippen LogP contribution < -0.4 is 11.1 Å². The number of fused-ring (bicyclic) bond motifs is 1. The normalized spacial score (nSPS) is 22.6. The molecule has 0 unspecified atom stereocenters. The first-order valence-corrected chi connectivity index (χ1v) is 9.08. The van der Waals surface area contributed by atoms with Crippen LogP contribution in [0.4, 0.5) is 0 Å². The van der Waals surface area contributed by atoms with E-state index in [1.807, 2.05) is 0 Å². The summed E-state index contributed by atoms with van der Waals surface area (Å²) in [6, 6.07) is 6.79. The minimum atomic E-state index is -1.37. The van der Waals surface area contributed by atoms with E-state index in [2.05, 4.69) is 5.32 Å². The number of hydrogen-bond donors (Lipinski definition) is 4. The number of carbonyl (C=O) groups is 4. The summed E-state index contributed by atoms with van der Waals surface area (Å²) >= 11 is 1.21. The molecular weight excluding hydrogens is 374 g/mol. The Kier molecular flexibility index (Phi) is 5.19. The van der Waals surface area contributed by atoms with Crippen LogP contribution >= 0.6 is 11.8 Å². The Bertz CT molecular complexity index is 840. The number of rotatable bonds is 6. The van der Waals surface area contributed by atoms with Crippen molar-refractivity contribution in [1.82, 2.24) is 10.2 Å². The fourth-order valence-corrected chi connectivity index (χ4v) is 4.40. The Morgan fingerprint density at radius 2 is 1.93 bits per heavy atom. The van der Waals surface area contributed by atoms with Crippen LogP contribution in [0.5, 0.6) is 0 Å². The number of carboxylic acids is 2. The van der Waals surface area contributed by atoms with Crippen molar-refractivity contribution in [3.8, 4) is 0 Å². The lowest BCUT2D eigenvalue weighted by Gasteiger charge is -2.49. The summed E-state index contributed by atoms with van der Waals surface area (Å²) in [7, 11) is 0. The highest BCUT2D eigenvalue weighted by Gasteiger charge is 2.54. The van der Waals surface area contributed by atoms with E-state index >= 15 is 0 Å². The van der Waals surface area contributed by atoms with E-state index in [0.717, 1.165) is 4.90 Å². The SMILES string of the molecule is N[C@@H](C(=O)N[C@@H]1C(=O)N2C(C(=O)O)=C(CC(=O)O)CS[C@H]12)c1ccccc1. The first-order valence-electron chi connectivity index (χ1n) is 8.04. The molecule has 1 aromatic rings. The largest absolute Gasteiger partial charge is 0.481 e. The maximum atomic E-state index is 12.4. The summed E-state index contributed by atoms with van der Waals surface area (Å²) in [5, 5.41) is 20.3. The lowest BCUT2D eigenvalue weighted by molar-refractivity contribution is -0.151. The van der Waals surface area contributed by atoms with E-state index in [-0.39, 0.29) is 17.0 Å². The molecule has 5 N–H and O–H groups in total. The molecule has 10 heteroatoms. The second-order valence-corrected chi connectivity index (χ2v) is 7.22. The predicted octanol–water partition coefficient (Wildman–Crippen LogP) is -0.100. The molecule has 0 saturated carbocycles. The summed E-state index contributed by atoms with van der Waals surface area (Å²) in [5.74, 6) is -3.53. The van der Waals surface area contributed by atoms with Crippen LogP contribution in [0.3, 0.4) is 0 Å². The fraction of sp³-hybridized carbons (Fsp3) is 0.294. The smallest absolute Gasteiger partial charge is 0.352 e. The van der Waals surface area contributed by atoms with Crippen molar-refractivity contribution in [3.05, 3.63) is 47.2 Å². The van der Waals surface area contributed by atoms with Crippen LogP contribution in [0.25, 0.3) is 0 Å². The number of carboxylic acid groups (broad SMARTS) is 2. The zero-order chi connectivity index (χ0) is 19.7. The topological polar surface area (TPSA) is 150 Å². The van der Waals surface area contributed by atoms with E-state index in [1.165, 1.54) is 11.8 Å². The fourth-order valence-electron chi connectivity index (χ4n) is 3.06. The molecule has 1 saturated heterocycles. The average Bonchev–Trinajstić information content (AvgIpc) is 2.64. The van der Waals surface area contributed by atoms with Crippen molar-refractivity contribution in [2.24, 2.45) is 5.73 Å². The Morgan fingerprint density at radius 3 is 2.52 bits per heavy atom. The zero-order valence-electron chi connectivity index (χ0n) is 14.0. The summed E-state index contributed by atoms with van der Waals surface area (Å²) in [4.78, 5) is 48.3. The van der Waals surface area contributed by atoms with Gasteiger partial charge in [0.1, 0.15) is 23.2 Å². The summed E-state index contributed by atoms with van der Waals surface area (Å²) in [5.41, 5.74) is 6.35. The van der Waals surface area contributed by atoms with E-state index < -0.39 is 47.6 Å². The molecule has 2 aliphatic heterocycles. The maximum Gasteiger partial charge on any atom is 0.352 e. The number of benzene rings is 1. The molecule has 0 radical (unpaired) electrons. The number of amides is 2. The van der Waals surface area contributed by atoms with Crippen LogP contribution in [-0.4, -0.2) is 56.0 Å². The molecule has 27 heavy (non-hydrogen) atoms. The number of carbonyl (C=O) groups excluding carboxylic acids is 2. The Morgan fingerprint density at radius 1 is 1.26 bits per heavy atom. The quantitative estimate of drug-likeness (QED) is 0.491. The van der Waals surface area contributed by atoms with Gasteiger partial charge in [0.25, 0.3) is 5.91 Å². The van der Waals surface area contributed by atoms with Gasteiger partial charge in [0.2, 0.25) is 5.91 Å². The number of hydrogen-bond acceptors (Lipinski definition) is 6. The van der Waals surface area contributed by atoms with Crippen LogP contribution in [-0.2, 0) is 19.2 Å². The molecule has 1 aromatic carbocycles. The van der Waals surface area contributed by atoms with E-state index in [1.54, 1.807) is 30.3 Å².